The first-order valence-electron chi connectivity index (χ1n) is 8.00. The lowest BCUT2D eigenvalue weighted by Gasteiger charge is -2.13. The van der Waals surface area contributed by atoms with Crippen LogP contribution in [0.4, 0.5) is 5.82 Å². The minimum Gasteiger partial charge on any atom is -0.385 e. The summed E-state index contributed by atoms with van der Waals surface area (Å²) < 4.78 is 0. The summed E-state index contributed by atoms with van der Waals surface area (Å²) in [5.41, 5.74) is 15.1. The molecule has 0 radical (unpaired) electrons. The monoisotopic (exact) mass is 308 g/mol. The number of nitrogen functional groups attached to an aromatic ring is 1. The molecule has 0 bridgehead atoms. The summed E-state index contributed by atoms with van der Waals surface area (Å²) in [4.78, 5) is 14.8. The Hall–Kier alpha value is -2.53. The van der Waals surface area contributed by atoms with E-state index in [1.54, 1.807) is 0 Å². The number of benzene rings is 1. The van der Waals surface area contributed by atoms with Gasteiger partial charge < -0.3 is 21.8 Å². The fraction of sp³-hybridized carbons (Fsp3) is 0.278. The lowest BCUT2D eigenvalue weighted by atomic mass is 10.0. The van der Waals surface area contributed by atoms with Gasteiger partial charge in [0, 0.05) is 11.6 Å². The zero-order chi connectivity index (χ0) is 16.0. The zero-order valence-electron chi connectivity index (χ0n) is 12.9. The molecule has 1 saturated heterocycles. The highest BCUT2D eigenvalue weighted by atomic mass is 16.1. The number of hydrogen-bond acceptors (Lipinski definition) is 3. The Bertz CT molecular complexity index is 861. The van der Waals surface area contributed by atoms with Gasteiger partial charge in [-0.15, -0.1) is 0 Å². The Morgan fingerprint density at radius 1 is 1.26 bits per heavy atom. The Morgan fingerprint density at radius 2 is 2.04 bits per heavy atom. The number of carbonyl (C=O) groups excluding carboxylic acids is 1. The largest absolute Gasteiger partial charge is 0.385 e. The van der Waals surface area contributed by atoms with E-state index >= 15 is 0 Å². The minimum absolute atomic E-state index is 0.334. The van der Waals surface area contributed by atoms with E-state index in [2.05, 4.69) is 22.4 Å². The Labute approximate surface area is 134 Å². The number of primary amides is 1. The molecule has 1 unspecified atom stereocenters. The topological polar surface area (TPSA) is 96.9 Å². The van der Waals surface area contributed by atoms with E-state index < -0.39 is 5.91 Å². The maximum Gasteiger partial charge on any atom is 0.252 e. The molecule has 1 aromatic rings. The first-order valence-corrected chi connectivity index (χ1v) is 8.00. The molecule has 1 aliphatic carbocycles. The van der Waals surface area contributed by atoms with Gasteiger partial charge in [-0.1, -0.05) is 24.3 Å². The van der Waals surface area contributed by atoms with Crippen LogP contribution in [-0.2, 0) is 6.42 Å². The molecule has 3 aliphatic rings. The summed E-state index contributed by atoms with van der Waals surface area (Å²) in [6.45, 7) is 1.08. The quantitative estimate of drug-likeness (QED) is 0.597. The maximum atomic E-state index is 11.6. The van der Waals surface area contributed by atoms with Gasteiger partial charge in [0.25, 0.3) is 5.91 Å². The summed E-state index contributed by atoms with van der Waals surface area (Å²) in [5.74, 6) is -0.175. The number of rotatable bonds is 3. The fourth-order valence-corrected chi connectivity index (χ4v) is 3.72. The third-order valence-electron chi connectivity index (χ3n) is 4.83. The van der Waals surface area contributed by atoms with Gasteiger partial charge in [0.15, 0.2) is 0 Å². The first kappa shape index (κ1) is 14.1. The van der Waals surface area contributed by atoms with Gasteiger partial charge in [0.05, 0.1) is 11.3 Å². The van der Waals surface area contributed by atoms with Gasteiger partial charge in [-0.25, -0.2) is 0 Å². The van der Waals surface area contributed by atoms with Crippen LogP contribution in [0.25, 0.3) is 22.0 Å². The third kappa shape index (κ3) is 2.24. The standard InChI is InChI=1S/C18H20N4O/c19-17-15(18(20)23)9-14-12-6-2-1-5-11(12)13(16(14)22-17)8-10-4-3-7-21-10/h1-2,5-6,9-10,21-22H,3-4,7-8,19H2,(H2,20,23). The van der Waals surface area contributed by atoms with Crippen LogP contribution in [0.3, 0.4) is 0 Å². The van der Waals surface area contributed by atoms with Crippen molar-refractivity contribution < 1.29 is 4.79 Å². The molecule has 118 valence electrons. The highest BCUT2D eigenvalue weighted by Crippen LogP contribution is 2.40. The van der Waals surface area contributed by atoms with E-state index in [4.69, 9.17) is 11.5 Å². The second-order valence-electron chi connectivity index (χ2n) is 6.27. The number of nitrogens with one attached hydrogen (secondary N) is 2. The van der Waals surface area contributed by atoms with Crippen molar-refractivity contribution in [2.24, 2.45) is 5.73 Å². The van der Waals surface area contributed by atoms with E-state index in [0.29, 0.717) is 17.4 Å². The van der Waals surface area contributed by atoms with Gasteiger partial charge in [0.2, 0.25) is 0 Å². The van der Waals surface area contributed by atoms with Crippen molar-refractivity contribution >= 4 is 22.5 Å². The molecule has 0 aromatic heterocycles. The highest BCUT2D eigenvalue weighted by molar-refractivity contribution is 6.08. The molecule has 5 heteroatoms. The molecule has 23 heavy (non-hydrogen) atoms. The lowest BCUT2D eigenvalue weighted by Crippen LogP contribution is -2.23. The van der Waals surface area contributed by atoms with Crippen LogP contribution in [0.1, 0.15) is 28.8 Å². The van der Waals surface area contributed by atoms with Gasteiger partial charge in [-0.2, -0.15) is 0 Å². The summed E-state index contributed by atoms with van der Waals surface area (Å²) in [5, 5.41) is 5.90. The average molecular weight is 308 g/mol. The summed E-state index contributed by atoms with van der Waals surface area (Å²) in [6.07, 6.45) is 3.37. The molecule has 1 atom stereocenters. The van der Waals surface area contributed by atoms with Gasteiger partial charge >= 0.3 is 0 Å². The molecule has 2 aliphatic heterocycles. The van der Waals surface area contributed by atoms with Crippen molar-refractivity contribution in [2.75, 3.05) is 12.3 Å². The normalized spacial score (nSPS) is 18.0. The van der Waals surface area contributed by atoms with Gasteiger partial charge in [-0.3, -0.25) is 4.79 Å². The van der Waals surface area contributed by atoms with E-state index in [9.17, 15) is 4.79 Å². The van der Waals surface area contributed by atoms with Crippen molar-refractivity contribution in [1.29, 1.82) is 0 Å². The second-order valence-corrected chi connectivity index (χ2v) is 6.27. The minimum atomic E-state index is -0.509. The van der Waals surface area contributed by atoms with Crippen LogP contribution in [0.5, 0.6) is 0 Å². The number of aromatic amines is 1. The zero-order valence-corrected chi connectivity index (χ0v) is 12.9. The van der Waals surface area contributed by atoms with Crippen LogP contribution < -0.4 is 16.8 Å². The Balaban J connectivity index is 1.95. The van der Waals surface area contributed by atoms with Crippen molar-refractivity contribution in [2.45, 2.75) is 25.3 Å². The van der Waals surface area contributed by atoms with Crippen LogP contribution in [0, 0.1) is 0 Å². The number of hydrogen-bond donors (Lipinski definition) is 4. The smallest absolute Gasteiger partial charge is 0.252 e. The molecule has 1 fully saturated rings. The molecule has 1 aromatic carbocycles. The number of H-pyrrole nitrogens is 1. The predicted octanol–water partition coefficient (Wildman–Crippen LogP) is 2.25. The summed E-state index contributed by atoms with van der Waals surface area (Å²) in [7, 11) is 0. The second kappa shape index (κ2) is 5.28. The van der Waals surface area contributed by atoms with Crippen LogP contribution in [-0.4, -0.2) is 23.5 Å². The lowest BCUT2D eigenvalue weighted by molar-refractivity contribution is 0.100. The molecule has 4 rings (SSSR count). The Kier molecular flexibility index (Phi) is 3.23. The average Bonchev–Trinajstić information content (AvgIpc) is 3.14. The van der Waals surface area contributed by atoms with Crippen molar-refractivity contribution in [1.82, 2.24) is 10.3 Å². The maximum absolute atomic E-state index is 11.6. The number of nitrogens with two attached hydrogens (primary N) is 2. The molecule has 2 heterocycles. The van der Waals surface area contributed by atoms with Crippen LogP contribution >= 0.6 is 0 Å². The van der Waals surface area contributed by atoms with Gasteiger partial charge in [-0.05, 0) is 48.2 Å². The van der Waals surface area contributed by atoms with Crippen molar-refractivity contribution in [3.8, 4) is 11.3 Å². The highest BCUT2D eigenvalue weighted by Gasteiger charge is 2.24. The van der Waals surface area contributed by atoms with E-state index in [1.165, 1.54) is 23.8 Å². The molecule has 1 amide bonds. The number of fused-ring (bicyclic) bond motifs is 3. The van der Waals surface area contributed by atoms with E-state index in [1.807, 2.05) is 18.2 Å². The molecular weight excluding hydrogens is 288 g/mol. The SMILES string of the molecule is NC(=O)c1cc2c3ccccc3c(CC3CCCN3)c-2[nH]c1N. The van der Waals surface area contributed by atoms with Gasteiger partial charge in [0.1, 0.15) is 5.82 Å². The number of carbonyl (C=O) groups is 1. The van der Waals surface area contributed by atoms with E-state index in [-0.39, 0.29) is 0 Å². The fourth-order valence-electron chi connectivity index (χ4n) is 3.72. The van der Waals surface area contributed by atoms with Crippen LogP contribution in [0.15, 0.2) is 30.3 Å². The third-order valence-corrected chi connectivity index (χ3v) is 4.83. The molecule has 0 saturated carbocycles. The molecule has 5 nitrogen and oxygen atoms in total. The number of aromatic nitrogens is 1. The predicted molar refractivity (Wildman–Crippen MR) is 92.6 cm³/mol. The van der Waals surface area contributed by atoms with Crippen LogP contribution in [0.2, 0.25) is 0 Å². The van der Waals surface area contributed by atoms with Crippen molar-refractivity contribution in [3.63, 3.8) is 0 Å². The summed E-state index contributed by atoms with van der Waals surface area (Å²) in [6, 6.07) is 10.6. The number of anilines is 1. The van der Waals surface area contributed by atoms with Crippen molar-refractivity contribution in [3.05, 3.63) is 41.5 Å². The molecule has 0 spiro atoms. The Morgan fingerprint density at radius 3 is 2.74 bits per heavy atom. The molecule has 6 N–H and O–H groups in total. The number of amides is 1. The summed E-state index contributed by atoms with van der Waals surface area (Å²) >= 11 is 0. The first-order chi connectivity index (χ1) is 11.1. The molecular formula is C18H20N4O. The van der Waals surface area contributed by atoms with E-state index in [0.717, 1.165) is 29.6 Å². The number of pyridine rings is 1.